The molecule has 3 heteroatoms. The number of benzene rings is 3. The molecular weight excluding hydrogens is 322 g/mol. The Balaban J connectivity index is 1.51. The molecule has 3 aromatic rings. The highest BCUT2D eigenvalue weighted by Gasteiger charge is 2.10. The van der Waals surface area contributed by atoms with Gasteiger partial charge in [-0.05, 0) is 35.9 Å². The Hall–Kier alpha value is -2.36. The predicted molar refractivity (Wildman–Crippen MR) is 108 cm³/mol. The molecule has 3 nitrogen and oxygen atoms in total. The molecule has 0 fully saturated rings. The first kappa shape index (κ1) is 18.4. The van der Waals surface area contributed by atoms with Crippen LogP contribution < -0.4 is 10.1 Å². The number of hydrogen-bond donors (Lipinski definition) is 2. The molecule has 0 bridgehead atoms. The second-order valence-corrected chi connectivity index (χ2v) is 6.67. The van der Waals surface area contributed by atoms with Crippen LogP contribution in [0, 0.1) is 0 Å². The van der Waals surface area contributed by atoms with Gasteiger partial charge < -0.3 is 15.2 Å². The quantitative estimate of drug-likeness (QED) is 0.629. The lowest BCUT2D eigenvalue weighted by Gasteiger charge is -2.18. The van der Waals surface area contributed by atoms with Gasteiger partial charge in [0.2, 0.25) is 0 Å². The molecular formula is C23H27NO2. The van der Waals surface area contributed by atoms with Crippen LogP contribution in [0.15, 0.2) is 66.7 Å². The van der Waals surface area contributed by atoms with Crippen LogP contribution in [0.5, 0.6) is 5.75 Å². The summed E-state index contributed by atoms with van der Waals surface area (Å²) < 4.78 is 5.86. The lowest BCUT2D eigenvalue weighted by molar-refractivity contribution is 0.105. The highest BCUT2D eigenvalue weighted by molar-refractivity contribution is 5.88. The molecule has 2 N–H and O–H groups in total. The van der Waals surface area contributed by atoms with Gasteiger partial charge >= 0.3 is 0 Å². The van der Waals surface area contributed by atoms with Crippen molar-refractivity contribution >= 4 is 10.8 Å². The molecule has 0 spiro atoms. The number of aliphatic hydroxyl groups excluding tert-OH is 1. The highest BCUT2D eigenvalue weighted by atomic mass is 16.5. The molecule has 0 aliphatic carbocycles. The fourth-order valence-corrected chi connectivity index (χ4v) is 3.04. The van der Waals surface area contributed by atoms with E-state index in [0.717, 1.165) is 22.9 Å². The summed E-state index contributed by atoms with van der Waals surface area (Å²) >= 11 is 0. The van der Waals surface area contributed by atoms with E-state index in [1.54, 1.807) is 0 Å². The van der Waals surface area contributed by atoms with Crippen molar-refractivity contribution in [2.24, 2.45) is 0 Å². The van der Waals surface area contributed by atoms with Crippen LogP contribution in [0.25, 0.3) is 10.8 Å². The van der Waals surface area contributed by atoms with Gasteiger partial charge in [-0.15, -0.1) is 0 Å². The van der Waals surface area contributed by atoms with E-state index in [1.807, 2.05) is 30.3 Å². The van der Waals surface area contributed by atoms with E-state index in [-0.39, 0.29) is 12.6 Å². The Morgan fingerprint density at radius 1 is 0.962 bits per heavy atom. The Labute approximate surface area is 155 Å². The monoisotopic (exact) mass is 349 g/mol. The van der Waals surface area contributed by atoms with Gasteiger partial charge in [-0.2, -0.15) is 0 Å². The van der Waals surface area contributed by atoms with Gasteiger partial charge in [0.1, 0.15) is 18.5 Å². The lowest BCUT2D eigenvalue weighted by Crippen LogP contribution is -2.33. The van der Waals surface area contributed by atoms with Crippen molar-refractivity contribution < 1.29 is 9.84 Å². The standard InChI is InChI=1S/C23H27NO2/c1-3-18-11-13-19(14-12-18)17(2)24-15-21(25)16-26-23-10-6-8-20-7-4-5-9-22(20)23/h4-14,17,21,24-25H,3,15-16H2,1-2H3. The Morgan fingerprint density at radius 3 is 2.46 bits per heavy atom. The summed E-state index contributed by atoms with van der Waals surface area (Å²) in [6, 6.07) is 22.9. The third-order valence-corrected chi connectivity index (χ3v) is 4.73. The van der Waals surface area contributed by atoms with Gasteiger partial charge in [-0.3, -0.25) is 0 Å². The molecule has 136 valence electrons. The van der Waals surface area contributed by atoms with Crippen molar-refractivity contribution in [2.45, 2.75) is 32.4 Å². The van der Waals surface area contributed by atoms with Gasteiger partial charge in [0.15, 0.2) is 0 Å². The van der Waals surface area contributed by atoms with Crippen LogP contribution in [0.4, 0.5) is 0 Å². The van der Waals surface area contributed by atoms with Crippen LogP contribution in [0.3, 0.4) is 0 Å². The van der Waals surface area contributed by atoms with E-state index in [9.17, 15) is 5.11 Å². The summed E-state index contributed by atoms with van der Waals surface area (Å²) in [4.78, 5) is 0. The molecule has 3 aromatic carbocycles. The first-order valence-corrected chi connectivity index (χ1v) is 9.28. The largest absolute Gasteiger partial charge is 0.490 e. The molecule has 0 radical (unpaired) electrons. The maximum absolute atomic E-state index is 10.3. The van der Waals surface area contributed by atoms with Crippen molar-refractivity contribution in [1.82, 2.24) is 5.32 Å². The number of ether oxygens (including phenoxy) is 1. The second kappa shape index (κ2) is 8.84. The first-order valence-electron chi connectivity index (χ1n) is 9.28. The fourth-order valence-electron chi connectivity index (χ4n) is 3.04. The second-order valence-electron chi connectivity index (χ2n) is 6.67. The minimum atomic E-state index is -0.564. The zero-order valence-corrected chi connectivity index (χ0v) is 15.5. The molecule has 26 heavy (non-hydrogen) atoms. The number of aryl methyl sites for hydroxylation is 1. The average molecular weight is 349 g/mol. The molecule has 0 saturated heterocycles. The summed E-state index contributed by atoms with van der Waals surface area (Å²) in [6.45, 7) is 5.02. The summed E-state index contributed by atoms with van der Waals surface area (Å²) in [5.74, 6) is 0.811. The van der Waals surface area contributed by atoms with Gasteiger partial charge in [-0.1, -0.05) is 67.6 Å². The lowest BCUT2D eigenvalue weighted by atomic mass is 10.0. The minimum absolute atomic E-state index is 0.188. The zero-order chi connectivity index (χ0) is 18.4. The van der Waals surface area contributed by atoms with E-state index in [2.05, 4.69) is 55.6 Å². The SMILES string of the molecule is CCc1ccc(C(C)NCC(O)COc2cccc3ccccc23)cc1. The Morgan fingerprint density at radius 2 is 1.69 bits per heavy atom. The average Bonchev–Trinajstić information content (AvgIpc) is 2.70. The summed E-state index contributed by atoms with van der Waals surface area (Å²) in [6.07, 6.45) is 0.484. The van der Waals surface area contributed by atoms with E-state index >= 15 is 0 Å². The van der Waals surface area contributed by atoms with Crippen molar-refractivity contribution in [3.05, 3.63) is 77.9 Å². The van der Waals surface area contributed by atoms with E-state index in [0.29, 0.717) is 6.54 Å². The van der Waals surface area contributed by atoms with Crippen molar-refractivity contribution in [1.29, 1.82) is 0 Å². The number of rotatable bonds is 8. The van der Waals surface area contributed by atoms with Crippen molar-refractivity contribution in [3.63, 3.8) is 0 Å². The normalized spacial score (nSPS) is 13.5. The van der Waals surface area contributed by atoms with Crippen LogP contribution in [0.2, 0.25) is 0 Å². The summed E-state index contributed by atoms with van der Waals surface area (Å²) in [7, 11) is 0. The van der Waals surface area contributed by atoms with E-state index in [4.69, 9.17) is 4.74 Å². The zero-order valence-electron chi connectivity index (χ0n) is 15.5. The van der Waals surface area contributed by atoms with Crippen LogP contribution in [-0.2, 0) is 6.42 Å². The van der Waals surface area contributed by atoms with E-state index in [1.165, 1.54) is 11.1 Å². The van der Waals surface area contributed by atoms with Gasteiger partial charge in [0.25, 0.3) is 0 Å². The third kappa shape index (κ3) is 4.63. The number of fused-ring (bicyclic) bond motifs is 1. The van der Waals surface area contributed by atoms with Crippen LogP contribution in [0.1, 0.15) is 31.0 Å². The number of aliphatic hydroxyl groups is 1. The fraction of sp³-hybridized carbons (Fsp3) is 0.304. The summed E-state index contributed by atoms with van der Waals surface area (Å²) in [5.41, 5.74) is 2.56. The molecule has 0 heterocycles. The number of hydrogen-bond acceptors (Lipinski definition) is 3. The highest BCUT2D eigenvalue weighted by Crippen LogP contribution is 2.25. The van der Waals surface area contributed by atoms with Crippen LogP contribution >= 0.6 is 0 Å². The molecule has 0 aromatic heterocycles. The smallest absolute Gasteiger partial charge is 0.127 e. The Bertz CT molecular complexity index is 824. The molecule has 2 atom stereocenters. The topological polar surface area (TPSA) is 41.5 Å². The predicted octanol–water partition coefficient (Wildman–Crippen LogP) is 4.49. The van der Waals surface area contributed by atoms with Crippen LogP contribution in [-0.4, -0.2) is 24.4 Å². The maximum Gasteiger partial charge on any atom is 0.127 e. The molecule has 0 saturated carbocycles. The minimum Gasteiger partial charge on any atom is -0.490 e. The molecule has 0 amide bonds. The Kier molecular flexibility index (Phi) is 6.26. The molecule has 0 aliphatic rings. The van der Waals surface area contributed by atoms with Gasteiger partial charge in [0.05, 0.1) is 0 Å². The van der Waals surface area contributed by atoms with Gasteiger partial charge in [0, 0.05) is 18.0 Å². The molecule has 0 aliphatic heterocycles. The van der Waals surface area contributed by atoms with Gasteiger partial charge in [-0.25, -0.2) is 0 Å². The molecule has 3 rings (SSSR count). The summed E-state index contributed by atoms with van der Waals surface area (Å²) in [5, 5.41) is 15.9. The molecule has 2 unspecified atom stereocenters. The first-order chi connectivity index (χ1) is 12.7. The van der Waals surface area contributed by atoms with Crippen molar-refractivity contribution in [2.75, 3.05) is 13.2 Å². The van der Waals surface area contributed by atoms with Crippen molar-refractivity contribution in [3.8, 4) is 5.75 Å². The van der Waals surface area contributed by atoms with E-state index < -0.39 is 6.10 Å². The third-order valence-electron chi connectivity index (χ3n) is 4.73. The number of nitrogens with one attached hydrogen (secondary N) is 1. The maximum atomic E-state index is 10.3.